The lowest BCUT2D eigenvalue weighted by molar-refractivity contribution is -0.127. The van der Waals surface area contributed by atoms with Crippen LogP contribution in [0, 0.1) is 0 Å². The van der Waals surface area contributed by atoms with Crippen LogP contribution in [0.5, 0.6) is 0 Å². The molecule has 130 valence electrons. The van der Waals surface area contributed by atoms with Crippen LogP contribution in [0.15, 0.2) is 48.9 Å². The SMILES string of the molecule is CN(C)c1cc(C2CCCN(C(=O)/C=C/c3cccnc3)C2)ccn1. The van der Waals surface area contributed by atoms with Crippen molar-refractivity contribution in [2.24, 2.45) is 0 Å². The van der Waals surface area contributed by atoms with E-state index >= 15 is 0 Å². The van der Waals surface area contributed by atoms with Gasteiger partial charge in [-0.1, -0.05) is 6.07 Å². The summed E-state index contributed by atoms with van der Waals surface area (Å²) in [5, 5.41) is 0. The van der Waals surface area contributed by atoms with Gasteiger partial charge in [0.15, 0.2) is 0 Å². The summed E-state index contributed by atoms with van der Waals surface area (Å²) in [6.45, 7) is 1.57. The van der Waals surface area contributed by atoms with E-state index < -0.39 is 0 Å². The third kappa shape index (κ3) is 4.44. The van der Waals surface area contributed by atoms with E-state index in [2.05, 4.69) is 22.1 Å². The highest BCUT2D eigenvalue weighted by Gasteiger charge is 2.24. The largest absolute Gasteiger partial charge is 0.363 e. The molecule has 0 spiro atoms. The fourth-order valence-electron chi connectivity index (χ4n) is 3.13. The average Bonchev–Trinajstić information content (AvgIpc) is 2.67. The van der Waals surface area contributed by atoms with Gasteiger partial charge in [-0.05, 0) is 48.2 Å². The summed E-state index contributed by atoms with van der Waals surface area (Å²) >= 11 is 0. The molecule has 1 unspecified atom stereocenters. The maximum atomic E-state index is 12.5. The van der Waals surface area contributed by atoms with Gasteiger partial charge < -0.3 is 9.80 Å². The van der Waals surface area contributed by atoms with Crippen molar-refractivity contribution in [3.8, 4) is 0 Å². The molecule has 0 saturated carbocycles. The van der Waals surface area contributed by atoms with Gasteiger partial charge in [0.1, 0.15) is 5.82 Å². The van der Waals surface area contributed by atoms with E-state index in [9.17, 15) is 4.79 Å². The van der Waals surface area contributed by atoms with Gasteiger partial charge in [-0.2, -0.15) is 0 Å². The molecule has 3 rings (SSSR count). The number of carbonyl (C=O) groups excluding carboxylic acids is 1. The Labute approximate surface area is 149 Å². The van der Waals surface area contributed by atoms with Crippen LogP contribution in [0.2, 0.25) is 0 Å². The number of hydrogen-bond donors (Lipinski definition) is 0. The minimum absolute atomic E-state index is 0.0652. The summed E-state index contributed by atoms with van der Waals surface area (Å²) in [5.74, 6) is 1.39. The summed E-state index contributed by atoms with van der Waals surface area (Å²) in [6, 6.07) is 8.00. The molecule has 3 heterocycles. The molecular formula is C20H24N4O. The molecule has 1 aliphatic rings. The standard InChI is InChI=1S/C20H24N4O/c1-23(2)19-13-17(9-11-22-19)18-6-4-12-24(15-18)20(25)8-7-16-5-3-10-21-14-16/h3,5,7-11,13-14,18H,4,6,12,15H2,1-2H3/b8-7+. The Morgan fingerprint density at radius 1 is 1.32 bits per heavy atom. The van der Waals surface area contributed by atoms with Gasteiger partial charge >= 0.3 is 0 Å². The lowest BCUT2D eigenvalue weighted by Gasteiger charge is -2.32. The molecule has 2 aromatic heterocycles. The lowest BCUT2D eigenvalue weighted by Crippen LogP contribution is -2.38. The Balaban J connectivity index is 1.67. The Morgan fingerprint density at radius 3 is 2.96 bits per heavy atom. The molecule has 2 aromatic rings. The van der Waals surface area contributed by atoms with Crippen LogP contribution in [-0.2, 0) is 4.79 Å². The zero-order chi connectivity index (χ0) is 17.6. The first-order chi connectivity index (χ1) is 12.1. The van der Waals surface area contributed by atoms with Gasteiger partial charge in [-0.15, -0.1) is 0 Å². The zero-order valence-electron chi connectivity index (χ0n) is 14.8. The molecule has 1 aliphatic heterocycles. The number of pyridine rings is 2. The fourth-order valence-corrected chi connectivity index (χ4v) is 3.13. The maximum absolute atomic E-state index is 12.5. The molecule has 5 heteroatoms. The topological polar surface area (TPSA) is 49.3 Å². The summed E-state index contributed by atoms with van der Waals surface area (Å²) in [4.78, 5) is 24.9. The van der Waals surface area contributed by atoms with Gasteiger partial charge in [-0.3, -0.25) is 9.78 Å². The molecule has 1 fully saturated rings. The number of hydrogen-bond acceptors (Lipinski definition) is 4. The number of likely N-dealkylation sites (tertiary alicyclic amines) is 1. The minimum atomic E-state index is 0.0652. The van der Waals surface area contributed by atoms with E-state index in [-0.39, 0.29) is 5.91 Å². The van der Waals surface area contributed by atoms with E-state index in [0.717, 1.165) is 37.3 Å². The Morgan fingerprint density at radius 2 is 2.20 bits per heavy atom. The van der Waals surface area contributed by atoms with Crippen LogP contribution in [0.3, 0.4) is 0 Å². The molecule has 0 aliphatic carbocycles. The monoisotopic (exact) mass is 336 g/mol. The van der Waals surface area contributed by atoms with Crippen molar-refractivity contribution in [2.45, 2.75) is 18.8 Å². The number of rotatable bonds is 4. The van der Waals surface area contributed by atoms with Crippen molar-refractivity contribution in [3.05, 3.63) is 60.1 Å². The molecule has 1 atom stereocenters. The first-order valence-corrected chi connectivity index (χ1v) is 8.64. The van der Waals surface area contributed by atoms with E-state index in [4.69, 9.17) is 0 Å². The first kappa shape index (κ1) is 17.1. The molecular weight excluding hydrogens is 312 g/mol. The second-order valence-electron chi connectivity index (χ2n) is 6.58. The summed E-state index contributed by atoms with van der Waals surface area (Å²) in [5.41, 5.74) is 2.20. The lowest BCUT2D eigenvalue weighted by atomic mass is 9.91. The van der Waals surface area contributed by atoms with E-state index in [1.165, 1.54) is 5.56 Å². The van der Waals surface area contributed by atoms with E-state index in [1.807, 2.05) is 48.3 Å². The highest BCUT2D eigenvalue weighted by molar-refractivity contribution is 5.91. The molecule has 1 saturated heterocycles. The van der Waals surface area contributed by atoms with Crippen molar-refractivity contribution in [1.82, 2.24) is 14.9 Å². The van der Waals surface area contributed by atoms with Gasteiger partial charge in [0.2, 0.25) is 5.91 Å². The molecule has 1 amide bonds. The molecule has 0 aromatic carbocycles. The summed E-state index contributed by atoms with van der Waals surface area (Å²) in [6.07, 6.45) is 10.9. The fraction of sp³-hybridized carbons (Fsp3) is 0.350. The number of piperidine rings is 1. The zero-order valence-corrected chi connectivity index (χ0v) is 14.8. The van der Waals surface area contributed by atoms with E-state index in [1.54, 1.807) is 18.5 Å². The smallest absolute Gasteiger partial charge is 0.246 e. The van der Waals surface area contributed by atoms with Crippen LogP contribution < -0.4 is 4.90 Å². The first-order valence-electron chi connectivity index (χ1n) is 8.64. The predicted molar refractivity (Wildman–Crippen MR) is 100 cm³/mol. The number of aromatic nitrogens is 2. The Hall–Kier alpha value is -2.69. The van der Waals surface area contributed by atoms with E-state index in [0.29, 0.717) is 5.92 Å². The minimum Gasteiger partial charge on any atom is -0.363 e. The van der Waals surface area contributed by atoms with Gasteiger partial charge in [-0.25, -0.2) is 4.98 Å². The Kier molecular flexibility index (Phi) is 5.43. The van der Waals surface area contributed by atoms with Crippen LogP contribution in [0.25, 0.3) is 6.08 Å². The molecule has 0 radical (unpaired) electrons. The third-order valence-electron chi connectivity index (χ3n) is 4.54. The molecule has 5 nitrogen and oxygen atoms in total. The normalized spacial score (nSPS) is 17.7. The number of anilines is 1. The maximum Gasteiger partial charge on any atom is 0.246 e. The second kappa shape index (κ2) is 7.92. The van der Waals surface area contributed by atoms with Gasteiger partial charge in [0, 0.05) is 57.8 Å². The van der Waals surface area contributed by atoms with Crippen LogP contribution in [-0.4, -0.2) is 48.0 Å². The van der Waals surface area contributed by atoms with Gasteiger partial charge in [0.05, 0.1) is 0 Å². The second-order valence-corrected chi connectivity index (χ2v) is 6.58. The average molecular weight is 336 g/mol. The predicted octanol–water partition coefficient (Wildman–Crippen LogP) is 2.96. The number of amides is 1. The third-order valence-corrected chi connectivity index (χ3v) is 4.54. The summed E-state index contributed by atoms with van der Waals surface area (Å²) in [7, 11) is 3.98. The van der Waals surface area contributed by atoms with Gasteiger partial charge in [0.25, 0.3) is 0 Å². The highest BCUT2D eigenvalue weighted by Crippen LogP contribution is 2.28. The number of carbonyl (C=O) groups is 1. The van der Waals surface area contributed by atoms with Crippen molar-refractivity contribution < 1.29 is 4.79 Å². The summed E-state index contributed by atoms with van der Waals surface area (Å²) < 4.78 is 0. The number of nitrogens with zero attached hydrogens (tertiary/aromatic N) is 4. The van der Waals surface area contributed by atoms with Crippen molar-refractivity contribution in [3.63, 3.8) is 0 Å². The quantitative estimate of drug-likeness (QED) is 0.806. The molecule has 25 heavy (non-hydrogen) atoms. The van der Waals surface area contributed by atoms with Crippen LogP contribution in [0.1, 0.15) is 29.9 Å². The molecule has 0 bridgehead atoms. The molecule has 0 N–H and O–H groups in total. The van der Waals surface area contributed by atoms with Crippen molar-refractivity contribution in [2.75, 3.05) is 32.1 Å². The van der Waals surface area contributed by atoms with Crippen molar-refractivity contribution in [1.29, 1.82) is 0 Å². The Bertz CT molecular complexity index is 742. The van der Waals surface area contributed by atoms with Crippen LogP contribution in [0.4, 0.5) is 5.82 Å². The highest BCUT2D eigenvalue weighted by atomic mass is 16.2. The van der Waals surface area contributed by atoms with Crippen molar-refractivity contribution >= 4 is 17.8 Å². The van der Waals surface area contributed by atoms with Crippen LogP contribution >= 0.6 is 0 Å².